The van der Waals surface area contributed by atoms with Crippen molar-refractivity contribution in [3.8, 4) is 0 Å². The van der Waals surface area contributed by atoms with Gasteiger partial charge in [-0.3, -0.25) is 0 Å². The lowest BCUT2D eigenvalue weighted by Gasteiger charge is -2.26. The fourth-order valence-corrected chi connectivity index (χ4v) is 4.06. The van der Waals surface area contributed by atoms with Gasteiger partial charge in [-0.1, -0.05) is 19.1 Å². The first-order valence-electron chi connectivity index (χ1n) is 6.66. The van der Waals surface area contributed by atoms with Gasteiger partial charge in [-0.05, 0) is 44.4 Å². The molecule has 0 radical (unpaired) electrons. The van der Waals surface area contributed by atoms with E-state index in [1.165, 1.54) is 0 Å². The van der Waals surface area contributed by atoms with Crippen molar-refractivity contribution in [1.29, 1.82) is 0 Å². The minimum atomic E-state index is -3.45. The standard InChI is InChI=1S/C14H24N2O2S/c1-5-8-16(11(2)3)19(17,18)14-9-13(10-15)7-6-12(14)4/h6-7,9,11H,5,8,10,15H2,1-4H3. The third kappa shape index (κ3) is 3.55. The molecule has 0 unspecified atom stereocenters. The zero-order chi connectivity index (χ0) is 14.6. The van der Waals surface area contributed by atoms with Crippen LogP contribution in [-0.2, 0) is 16.6 Å². The number of nitrogens with two attached hydrogens (primary N) is 1. The maximum atomic E-state index is 12.7. The summed E-state index contributed by atoms with van der Waals surface area (Å²) in [5.41, 5.74) is 7.20. The molecular formula is C14H24N2O2S. The van der Waals surface area contributed by atoms with Gasteiger partial charge >= 0.3 is 0 Å². The highest BCUT2D eigenvalue weighted by molar-refractivity contribution is 7.89. The second-order valence-corrected chi connectivity index (χ2v) is 6.87. The van der Waals surface area contributed by atoms with Crippen molar-refractivity contribution in [3.63, 3.8) is 0 Å². The van der Waals surface area contributed by atoms with Gasteiger partial charge in [0.15, 0.2) is 0 Å². The number of aryl methyl sites for hydroxylation is 1. The van der Waals surface area contributed by atoms with Gasteiger partial charge in [0, 0.05) is 19.1 Å². The quantitative estimate of drug-likeness (QED) is 0.871. The Morgan fingerprint density at radius 1 is 1.32 bits per heavy atom. The predicted molar refractivity (Wildman–Crippen MR) is 78.4 cm³/mol. The number of benzene rings is 1. The van der Waals surface area contributed by atoms with Crippen LogP contribution in [0, 0.1) is 6.92 Å². The molecule has 2 N–H and O–H groups in total. The van der Waals surface area contributed by atoms with Gasteiger partial charge in [-0.25, -0.2) is 8.42 Å². The fraction of sp³-hybridized carbons (Fsp3) is 0.571. The Morgan fingerprint density at radius 3 is 2.42 bits per heavy atom. The van der Waals surface area contributed by atoms with Crippen molar-refractivity contribution >= 4 is 10.0 Å². The van der Waals surface area contributed by atoms with E-state index >= 15 is 0 Å². The third-order valence-electron chi connectivity index (χ3n) is 3.09. The average molecular weight is 284 g/mol. The monoisotopic (exact) mass is 284 g/mol. The Bertz CT molecular complexity index is 524. The van der Waals surface area contributed by atoms with Crippen LogP contribution in [0.4, 0.5) is 0 Å². The third-order valence-corrected chi connectivity index (χ3v) is 5.31. The van der Waals surface area contributed by atoms with E-state index in [2.05, 4.69) is 0 Å². The van der Waals surface area contributed by atoms with Crippen LogP contribution in [0.15, 0.2) is 23.1 Å². The average Bonchev–Trinajstić information content (AvgIpc) is 2.35. The summed E-state index contributed by atoms with van der Waals surface area (Å²) >= 11 is 0. The van der Waals surface area contributed by atoms with E-state index < -0.39 is 10.0 Å². The summed E-state index contributed by atoms with van der Waals surface area (Å²) in [6.07, 6.45) is 0.799. The van der Waals surface area contributed by atoms with E-state index in [0.29, 0.717) is 18.0 Å². The van der Waals surface area contributed by atoms with Crippen LogP contribution < -0.4 is 5.73 Å². The van der Waals surface area contributed by atoms with Crippen LogP contribution in [0.25, 0.3) is 0 Å². The first-order valence-corrected chi connectivity index (χ1v) is 8.10. The minimum absolute atomic E-state index is 0.0501. The van der Waals surface area contributed by atoms with Gasteiger partial charge in [0.25, 0.3) is 0 Å². The number of hydrogen-bond acceptors (Lipinski definition) is 3. The van der Waals surface area contributed by atoms with Crippen LogP contribution in [0.3, 0.4) is 0 Å². The molecule has 19 heavy (non-hydrogen) atoms. The molecule has 5 heteroatoms. The maximum Gasteiger partial charge on any atom is 0.243 e. The van der Waals surface area contributed by atoms with Gasteiger partial charge < -0.3 is 5.73 Å². The smallest absolute Gasteiger partial charge is 0.243 e. The number of sulfonamides is 1. The summed E-state index contributed by atoms with van der Waals surface area (Å²) < 4.78 is 27.0. The van der Waals surface area contributed by atoms with E-state index in [-0.39, 0.29) is 6.04 Å². The van der Waals surface area contributed by atoms with E-state index in [0.717, 1.165) is 17.5 Å². The van der Waals surface area contributed by atoms with Crippen LogP contribution >= 0.6 is 0 Å². The Kier molecular flexibility index (Phi) is 5.52. The second-order valence-electron chi connectivity index (χ2n) is 5.01. The lowest BCUT2D eigenvalue weighted by atomic mass is 10.1. The van der Waals surface area contributed by atoms with E-state index in [9.17, 15) is 8.42 Å². The molecule has 0 saturated carbocycles. The topological polar surface area (TPSA) is 63.4 Å². The molecule has 0 amide bonds. The fourth-order valence-electron chi connectivity index (χ4n) is 2.05. The lowest BCUT2D eigenvalue weighted by Crippen LogP contribution is -2.37. The predicted octanol–water partition coefficient (Wildman–Crippen LogP) is 2.26. The lowest BCUT2D eigenvalue weighted by molar-refractivity contribution is 0.354. The van der Waals surface area contributed by atoms with Crippen molar-refractivity contribution in [2.45, 2.75) is 51.6 Å². The van der Waals surface area contributed by atoms with Gasteiger partial charge in [0.05, 0.1) is 4.90 Å². The van der Waals surface area contributed by atoms with Gasteiger partial charge in [-0.15, -0.1) is 0 Å². The Balaban J connectivity index is 3.32. The number of rotatable bonds is 6. The molecule has 0 fully saturated rings. The number of nitrogens with zero attached hydrogens (tertiary/aromatic N) is 1. The first-order chi connectivity index (χ1) is 8.84. The van der Waals surface area contributed by atoms with Gasteiger partial charge in [-0.2, -0.15) is 4.31 Å². The SMILES string of the molecule is CCCN(C(C)C)S(=O)(=O)c1cc(CN)ccc1C. The summed E-state index contributed by atoms with van der Waals surface area (Å²) in [4.78, 5) is 0.373. The molecule has 1 aromatic rings. The Morgan fingerprint density at radius 2 is 1.95 bits per heavy atom. The van der Waals surface area contributed by atoms with E-state index in [1.54, 1.807) is 10.4 Å². The Labute approximate surface area is 116 Å². The molecule has 0 aliphatic rings. The van der Waals surface area contributed by atoms with Crippen molar-refractivity contribution in [1.82, 2.24) is 4.31 Å². The van der Waals surface area contributed by atoms with Crippen LogP contribution in [-0.4, -0.2) is 25.3 Å². The first kappa shape index (κ1) is 16.1. The number of hydrogen-bond donors (Lipinski definition) is 1. The summed E-state index contributed by atoms with van der Waals surface area (Å²) in [6.45, 7) is 8.47. The molecule has 1 rings (SSSR count). The largest absolute Gasteiger partial charge is 0.326 e. The molecule has 0 aliphatic heterocycles. The van der Waals surface area contributed by atoms with E-state index in [1.807, 2.05) is 39.8 Å². The molecule has 1 aromatic carbocycles. The molecule has 0 aromatic heterocycles. The van der Waals surface area contributed by atoms with E-state index in [4.69, 9.17) is 5.73 Å². The van der Waals surface area contributed by atoms with Crippen LogP contribution in [0.5, 0.6) is 0 Å². The highest BCUT2D eigenvalue weighted by atomic mass is 32.2. The molecule has 108 valence electrons. The van der Waals surface area contributed by atoms with Crippen molar-refractivity contribution in [3.05, 3.63) is 29.3 Å². The normalized spacial score (nSPS) is 12.4. The van der Waals surface area contributed by atoms with Crippen LogP contribution in [0.2, 0.25) is 0 Å². The van der Waals surface area contributed by atoms with Gasteiger partial charge in [0.1, 0.15) is 0 Å². The summed E-state index contributed by atoms with van der Waals surface area (Å²) in [7, 11) is -3.45. The van der Waals surface area contributed by atoms with Crippen molar-refractivity contribution in [2.24, 2.45) is 5.73 Å². The molecule has 0 saturated heterocycles. The summed E-state index contributed by atoms with van der Waals surface area (Å²) in [6, 6.07) is 5.33. The molecule has 0 aliphatic carbocycles. The van der Waals surface area contributed by atoms with Gasteiger partial charge in [0.2, 0.25) is 10.0 Å². The zero-order valence-corrected chi connectivity index (χ0v) is 13.0. The molecule has 0 spiro atoms. The molecule has 0 atom stereocenters. The Hall–Kier alpha value is -0.910. The molecule has 0 heterocycles. The van der Waals surface area contributed by atoms with Crippen molar-refractivity contribution in [2.75, 3.05) is 6.54 Å². The zero-order valence-electron chi connectivity index (χ0n) is 12.2. The summed E-state index contributed by atoms with van der Waals surface area (Å²) in [5.74, 6) is 0. The molecule has 4 nitrogen and oxygen atoms in total. The molecular weight excluding hydrogens is 260 g/mol. The van der Waals surface area contributed by atoms with Crippen molar-refractivity contribution < 1.29 is 8.42 Å². The second kappa shape index (κ2) is 6.50. The summed E-state index contributed by atoms with van der Waals surface area (Å²) in [5, 5.41) is 0. The molecule has 0 bridgehead atoms. The van der Waals surface area contributed by atoms with Crippen LogP contribution in [0.1, 0.15) is 38.3 Å². The minimum Gasteiger partial charge on any atom is -0.326 e. The highest BCUT2D eigenvalue weighted by Crippen LogP contribution is 2.23. The maximum absolute atomic E-state index is 12.7. The highest BCUT2D eigenvalue weighted by Gasteiger charge is 2.27.